The first-order valence-electron chi connectivity index (χ1n) is 8.61. The number of carboxylic acids is 1. The van der Waals surface area contributed by atoms with Crippen molar-refractivity contribution in [3.8, 4) is 0 Å². The number of hydrogen-bond acceptors (Lipinski definition) is 3. The Hall–Kier alpha value is -2.70. The maximum absolute atomic E-state index is 14.2. The van der Waals surface area contributed by atoms with E-state index >= 15 is 0 Å². The van der Waals surface area contributed by atoms with Gasteiger partial charge in [0.2, 0.25) is 5.43 Å². The molecule has 0 aliphatic carbocycles. The molecule has 0 saturated carbocycles. The van der Waals surface area contributed by atoms with E-state index in [1.54, 1.807) is 48.7 Å². The molecule has 1 heterocycles. The van der Waals surface area contributed by atoms with Gasteiger partial charge in [-0.1, -0.05) is 29.8 Å². The van der Waals surface area contributed by atoms with Crippen LogP contribution in [-0.2, 0) is 12.0 Å². The average Bonchev–Trinajstić information content (AvgIpc) is 2.65. The monoisotopic (exact) mass is 403 g/mol. The summed E-state index contributed by atoms with van der Waals surface area (Å²) in [4.78, 5) is 24.3. The van der Waals surface area contributed by atoms with Crippen LogP contribution in [-0.4, -0.2) is 27.4 Å². The topological polar surface area (TPSA) is 79.5 Å². The van der Waals surface area contributed by atoms with E-state index < -0.39 is 22.8 Å². The summed E-state index contributed by atoms with van der Waals surface area (Å²) >= 11 is 5.83. The summed E-state index contributed by atoms with van der Waals surface area (Å²) in [6.07, 6.45) is 1.45. The Morgan fingerprint density at radius 3 is 2.61 bits per heavy atom. The molecule has 0 aliphatic heterocycles. The maximum atomic E-state index is 14.2. The Balaban J connectivity index is 2.23. The largest absolute Gasteiger partial charge is 0.477 e. The number of aromatic nitrogens is 1. The van der Waals surface area contributed by atoms with E-state index in [9.17, 15) is 24.2 Å². The third-order valence-corrected chi connectivity index (χ3v) is 5.06. The molecule has 28 heavy (non-hydrogen) atoms. The molecule has 2 N–H and O–H groups in total. The Bertz CT molecular complexity index is 1140. The van der Waals surface area contributed by atoms with Crippen LogP contribution in [0, 0.1) is 5.82 Å². The van der Waals surface area contributed by atoms with Gasteiger partial charge in [0.25, 0.3) is 0 Å². The van der Waals surface area contributed by atoms with Gasteiger partial charge >= 0.3 is 5.97 Å². The van der Waals surface area contributed by atoms with Gasteiger partial charge in [-0.15, -0.1) is 0 Å². The molecular formula is C21H19ClFNO4. The fourth-order valence-corrected chi connectivity index (χ4v) is 3.32. The van der Waals surface area contributed by atoms with Crippen molar-refractivity contribution in [1.82, 2.24) is 4.57 Å². The molecule has 146 valence electrons. The Kier molecular flexibility index (Phi) is 5.28. The smallest absolute Gasteiger partial charge is 0.341 e. The highest BCUT2D eigenvalue weighted by Gasteiger charge is 2.24. The SMILES string of the molecule is CC(C)(CO)n1cc(C(=O)O)c(=O)c2cc(Cc3cccc(Cl)c3F)ccc21. The molecule has 0 bridgehead atoms. The molecule has 1 aromatic heterocycles. The van der Waals surface area contributed by atoms with Gasteiger partial charge in [0, 0.05) is 18.0 Å². The van der Waals surface area contributed by atoms with Crippen molar-refractivity contribution in [1.29, 1.82) is 0 Å². The van der Waals surface area contributed by atoms with Crippen LogP contribution in [0.1, 0.15) is 35.3 Å². The molecule has 3 aromatic rings. The van der Waals surface area contributed by atoms with E-state index in [0.717, 1.165) is 0 Å². The highest BCUT2D eigenvalue weighted by Crippen LogP contribution is 2.25. The first-order valence-corrected chi connectivity index (χ1v) is 8.99. The molecule has 0 saturated heterocycles. The first kappa shape index (κ1) is 20.0. The van der Waals surface area contributed by atoms with Gasteiger partial charge in [0.15, 0.2) is 0 Å². The second-order valence-corrected chi connectivity index (χ2v) is 7.67. The molecule has 0 amide bonds. The number of benzene rings is 2. The zero-order valence-corrected chi connectivity index (χ0v) is 16.1. The van der Waals surface area contributed by atoms with E-state index in [0.29, 0.717) is 16.6 Å². The fourth-order valence-electron chi connectivity index (χ4n) is 3.12. The fraction of sp³-hybridized carbons (Fsp3) is 0.238. The Labute approximate surface area is 165 Å². The number of hydrogen-bond donors (Lipinski definition) is 2. The number of carbonyl (C=O) groups is 1. The summed E-state index contributed by atoms with van der Waals surface area (Å²) in [5.41, 5.74) is -0.333. The number of nitrogens with zero attached hydrogens (tertiary/aromatic N) is 1. The molecule has 0 radical (unpaired) electrons. The normalized spacial score (nSPS) is 11.8. The summed E-state index contributed by atoms with van der Waals surface area (Å²) in [5.74, 6) is -1.87. The summed E-state index contributed by atoms with van der Waals surface area (Å²) < 4.78 is 15.8. The van der Waals surface area contributed by atoms with Gasteiger partial charge < -0.3 is 14.8 Å². The van der Waals surface area contributed by atoms with Gasteiger partial charge in [0.1, 0.15) is 11.4 Å². The van der Waals surface area contributed by atoms with E-state index in [-0.39, 0.29) is 29.0 Å². The zero-order chi connectivity index (χ0) is 20.6. The number of aliphatic hydroxyl groups excluding tert-OH is 1. The quantitative estimate of drug-likeness (QED) is 0.679. The van der Waals surface area contributed by atoms with Gasteiger partial charge in [-0.05, 0) is 43.2 Å². The van der Waals surface area contributed by atoms with Crippen molar-refractivity contribution in [2.24, 2.45) is 0 Å². The lowest BCUT2D eigenvalue weighted by molar-refractivity contribution is 0.0693. The molecule has 0 fully saturated rings. The van der Waals surface area contributed by atoms with Crippen LogP contribution in [0.5, 0.6) is 0 Å². The van der Waals surface area contributed by atoms with Crippen LogP contribution in [0.15, 0.2) is 47.4 Å². The van der Waals surface area contributed by atoms with Crippen molar-refractivity contribution in [2.45, 2.75) is 25.8 Å². The van der Waals surface area contributed by atoms with E-state index in [1.165, 1.54) is 12.3 Å². The lowest BCUT2D eigenvalue weighted by Gasteiger charge is -2.28. The molecule has 0 atom stereocenters. The van der Waals surface area contributed by atoms with E-state index in [2.05, 4.69) is 0 Å². The molecule has 0 spiro atoms. The number of rotatable bonds is 5. The third kappa shape index (κ3) is 3.53. The lowest BCUT2D eigenvalue weighted by Crippen LogP contribution is -2.33. The predicted octanol–water partition coefficient (Wildman–Crippen LogP) is 3.81. The van der Waals surface area contributed by atoms with Crippen molar-refractivity contribution in [2.75, 3.05) is 6.61 Å². The molecule has 7 heteroatoms. The highest BCUT2D eigenvalue weighted by atomic mass is 35.5. The summed E-state index contributed by atoms with van der Waals surface area (Å²) in [7, 11) is 0. The molecule has 5 nitrogen and oxygen atoms in total. The van der Waals surface area contributed by atoms with E-state index in [1.807, 2.05) is 0 Å². The van der Waals surface area contributed by atoms with Gasteiger partial charge in [0.05, 0.1) is 22.7 Å². The van der Waals surface area contributed by atoms with Crippen molar-refractivity contribution >= 4 is 28.5 Å². The van der Waals surface area contributed by atoms with Gasteiger partial charge in [-0.3, -0.25) is 4.79 Å². The minimum Gasteiger partial charge on any atom is -0.477 e. The van der Waals surface area contributed by atoms with Crippen LogP contribution in [0.4, 0.5) is 4.39 Å². The van der Waals surface area contributed by atoms with Crippen LogP contribution in [0.3, 0.4) is 0 Å². The number of aliphatic hydroxyl groups is 1. The number of fused-ring (bicyclic) bond motifs is 1. The lowest BCUT2D eigenvalue weighted by atomic mass is 9.99. The van der Waals surface area contributed by atoms with Crippen LogP contribution < -0.4 is 5.43 Å². The Morgan fingerprint density at radius 1 is 1.25 bits per heavy atom. The molecule has 3 rings (SSSR count). The van der Waals surface area contributed by atoms with Gasteiger partial charge in [-0.2, -0.15) is 0 Å². The predicted molar refractivity (Wildman–Crippen MR) is 106 cm³/mol. The molecule has 0 unspecified atom stereocenters. The second kappa shape index (κ2) is 7.37. The number of aromatic carboxylic acids is 1. The van der Waals surface area contributed by atoms with Crippen molar-refractivity contribution < 1.29 is 19.4 Å². The highest BCUT2D eigenvalue weighted by molar-refractivity contribution is 6.30. The first-order chi connectivity index (χ1) is 13.2. The minimum absolute atomic E-state index is 0.0125. The van der Waals surface area contributed by atoms with Crippen LogP contribution >= 0.6 is 11.6 Å². The summed E-state index contributed by atoms with van der Waals surface area (Å²) in [6, 6.07) is 9.68. The Morgan fingerprint density at radius 2 is 1.96 bits per heavy atom. The third-order valence-electron chi connectivity index (χ3n) is 4.76. The molecule has 2 aromatic carbocycles. The summed E-state index contributed by atoms with van der Waals surface area (Å²) in [5, 5.41) is 19.3. The second-order valence-electron chi connectivity index (χ2n) is 7.26. The van der Waals surface area contributed by atoms with Crippen LogP contribution in [0.25, 0.3) is 10.9 Å². The van der Waals surface area contributed by atoms with Crippen LogP contribution in [0.2, 0.25) is 5.02 Å². The molecule has 0 aliphatic rings. The number of halogens is 2. The van der Waals surface area contributed by atoms with Crippen molar-refractivity contribution in [3.05, 3.63) is 80.3 Å². The summed E-state index contributed by atoms with van der Waals surface area (Å²) in [6.45, 7) is 3.22. The van der Waals surface area contributed by atoms with E-state index in [4.69, 9.17) is 11.6 Å². The number of pyridine rings is 1. The minimum atomic E-state index is -1.35. The number of carboxylic acid groups (broad SMARTS) is 1. The van der Waals surface area contributed by atoms with Gasteiger partial charge in [-0.25, -0.2) is 9.18 Å². The zero-order valence-electron chi connectivity index (χ0n) is 15.4. The maximum Gasteiger partial charge on any atom is 0.341 e. The van der Waals surface area contributed by atoms with Crippen molar-refractivity contribution in [3.63, 3.8) is 0 Å². The average molecular weight is 404 g/mol. The molecular weight excluding hydrogens is 385 g/mol. The standard InChI is InChI=1S/C21H19ClFNO4/c1-21(2,11-25)24-10-15(20(27)28)19(26)14-9-12(6-7-17(14)24)8-13-4-3-5-16(22)18(13)23/h3-7,9-10,25H,8,11H2,1-2H3,(H,27,28).